The van der Waals surface area contributed by atoms with Crippen LogP contribution in [-0.2, 0) is 21.1 Å². The van der Waals surface area contributed by atoms with E-state index in [-0.39, 0.29) is 21.1 Å². The fourth-order valence-electron chi connectivity index (χ4n) is 9.98. The van der Waals surface area contributed by atoms with Gasteiger partial charge in [0.25, 0.3) is 0 Å². The predicted octanol–water partition coefficient (Wildman–Crippen LogP) is 14.1. The Hall–Kier alpha value is -7.53. The normalized spacial score (nSPS) is 11.8. The summed E-state index contributed by atoms with van der Waals surface area (Å²) >= 11 is 0. The zero-order valence-corrected chi connectivity index (χ0v) is 36.5. The molecule has 7 heteroatoms. The van der Waals surface area contributed by atoms with Crippen molar-refractivity contribution in [1.29, 1.82) is 0 Å². The quantitative estimate of drug-likeness (QED) is 0.161. The maximum absolute atomic E-state index is 6.29. The van der Waals surface area contributed by atoms with Crippen molar-refractivity contribution in [3.63, 3.8) is 0 Å². The van der Waals surface area contributed by atoms with Crippen molar-refractivity contribution in [2.45, 2.75) is 13.8 Å². The van der Waals surface area contributed by atoms with E-state index in [4.69, 9.17) is 19.4 Å². The summed E-state index contributed by atoms with van der Waals surface area (Å²) in [6.07, 6.45) is 1.86. The number of hydrogen-bond donors (Lipinski definition) is 0. The first-order chi connectivity index (χ1) is 30.6. The Morgan fingerprint density at radius 1 is 0.587 bits per heavy atom. The minimum absolute atomic E-state index is 0. The van der Waals surface area contributed by atoms with Crippen LogP contribution in [0, 0.1) is 19.9 Å². The fraction of sp³-hybridized carbons (Fsp3) is 0.0357. The van der Waals surface area contributed by atoms with E-state index >= 15 is 0 Å². The number of nitrogens with zero attached hydrogens (tertiary/aromatic N) is 5. The van der Waals surface area contributed by atoms with Gasteiger partial charge in [-0.25, -0.2) is 9.97 Å². The van der Waals surface area contributed by atoms with Gasteiger partial charge in [0.05, 0.1) is 11.0 Å². The van der Waals surface area contributed by atoms with E-state index < -0.39 is 0 Å². The van der Waals surface area contributed by atoms with Gasteiger partial charge >= 0.3 is 21.1 Å². The van der Waals surface area contributed by atoms with Gasteiger partial charge in [-0.15, -0.1) is 34.8 Å². The number of para-hydroxylation sites is 4. The molecule has 8 aromatic carbocycles. The third kappa shape index (κ3) is 5.54. The van der Waals surface area contributed by atoms with Crippen molar-refractivity contribution < 1.29 is 25.5 Å². The van der Waals surface area contributed by atoms with Gasteiger partial charge < -0.3 is 14.0 Å². The number of benzene rings is 8. The molecule has 0 unspecified atom stereocenters. The van der Waals surface area contributed by atoms with Gasteiger partial charge in [0.2, 0.25) is 0 Å². The Kier molecular flexibility index (Phi) is 8.44. The van der Waals surface area contributed by atoms with Crippen molar-refractivity contribution in [1.82, 2.24) is 24.1 Å². The Labute approximate surface area is 376 Å². The van der Waals surface area contributed by atoms with E-state index in [2.05, 4.69) is 169 Å². The third-order valence-electron chi connectivity index (χ3n) is 12.7. The molecule has 0 aliphatic rings. The first-order valence-electron chi connectivity index (χ1n) is 20.9. The van der Waals surface area contributed by atoms with E-state index in [0.29, 0.717) is 0 Å². The first kappa shape index (κ1) is 37.2. The SMILES string of the molecule is Cc1cc2c(c(C)c1-c1ccccc1)c1ccc(-c3cccc4c3nc(-c3cccc5c3[n-]c3ccccc35)n4-c3ccc4oc5ccccc5c4c3)[c-]c1n2-c1ccccn1.[Pt+2]. The molecule has 0 spiro atoms. The van der Waals surface area contributed by atoms with Crippen LogP contribution in [0.1, 0.15) is 11.1 Å². The zero-order valence-electron chi connectivity index (χ0n) is 34.2. The Bertz CT molecular complexity index is 3950. The minimum atomic E-state index is 0. The summed E-state index contributed by atoms with van der Waals surface area (Å²) in [7, 11) is 0. The van der Waals surface area contributed by atoms with Crippen molar-refractivity contribution >= 4 is 76.6 Å². The van der Waals surface area contributed by atoms with Crippen LogP contribution in [-0.4, -0.2) is 19.1 Å². The molecular weight excluding hydrogens is 954 g/mol. The van der Waals surface area contributed by atoms with Crippen LogP contribution in [0.4, 0.5) is 0 Å². The Morgan fingerprint density at radius 3 is 2.22 bits per heavy atom. The molecule has 63 heavy (non-hydrogen) atoms. The summed E-state index contributed by atoms with van der Waals surface area (Å²) in [5, 5.41) is 6.70. The van der Waals surface area contributed by atoms with E-state index in [9.17, 15) is 0 Å². The van der Waals surface area contributed by atoms with Gasteiger partial charge in [0.15, 0.2) is 0 Å². The number of hydrogen-bond acceptors (Lipinski definition) is 3. The van der Waals surface area contributed by atoms with Gasteiger partial charge in [-0.05, 0) is 106 Å². The van der Waals surface area contributed by atoms with Crippen LogP contribution >= 0.6 is 0 Å². The fourth-order valence-corrected chi connectivity index (χ4v) is 9.98. The van der Waals surface area contributed by atoms with Gasteiger partial charge in [-0.1, -0.05) is 120 Å². The van der Waals surface area contributed by atoms with Gasteiger partial charge in [0.1, 0.15) is 22.8 Å². The van der Waals surface area contributed by atoms with Crippen LogP contribution in [0.25, 0.3) is 122 Å². The summed E-state index contributed by atoms with van der Waals surface area (Å²) in [6, 6.07) is 63.4. The summed E-state index contributed by atoms with van der Waals surface area (Å²) in [6.45, 7) is 4.46. The molecule has 300 valence electrons. The number of pyridine rings is 1. The van der Waals surface area contributed by atoms with Crippen molar-refractivity contribution in [3.8, 4) is 45.1 Å². The van der Waals surface area contributed by atoms with Crippen LogP contribution in [0.15, 0.2) is 180 Å². The third-order valence-corrected chi connectivity index (χ3v) is 12.7. The van der Waals surface area contributed by atoms with Crippen LogP contribution in [0.2, 0.25) is 0 Å². The monoisotopic (exact) mass is 988 g/mol. The van der Waals surface area contributed by atoms with Gasteiger partial charge in [-0.2, -0.15) is 0 Å². The van der Waals surface area contributed by atoms with E-state index in [1.54, 1.807) is 0 Å². The van der Waals surface area contributed by atoms with Gasteiger partial charge in [-0.3, -0.25) is 4.57 Å². The predicted molar refractivity (Wildman–Crippen MR) is 253 cm³/mol. The second-order valence-electron chi connectivity index (χ2n) is 16.2. The van der Waals surface area contributed by atoms with E-state index in [1.807, 2.05) is 36.5 Å². The molecule has 0 bridgehead atoms. The molecule has 0 saturated carbocycles. The second-order valence-corrected chi connectivity index (χ2v) is 16.2. The van der Waals surface area contributed by atoms with E-state index in [1.165, 1.54) is 27.6 Å². The maximum Gasteiger partial charge on any atom is 2.00 e. The molecule has 13 aromatic rings. The molecule has 0 atom stereocenters. The van der Waals surface area contributed by atoms with E-state index in [0.717, 1.165) is 105 Å². The van der Waals surface area contributed by atoms with Crippen molar-refractivity contribution in [2.24, 2.45) is 0 Å². The van der Waals surface area contributed by atoms with Crippen molar-refractivity contribution in [3.05, 3.63) is 193 Å². The van der Waals surface area contributed by atoms with Crippen molar-refractivity contribution in [2.75, 3.05) is 0 Å². The molecule has 0 amide bonds. The number of rotatable bonds is 5. The largest absolute Gasteiger partial charge is 2.00 e. The Balaban J connectivity index is 0.00000421. The number of imidazole rings is 1. The molecule has 0 saturated heterocycles. The topological polar surface area (TPSA) is 62.9 Å². The summed E-state index contributed by atoms with van der Waals surface area (Å²) in [5.74, 6) is 1.66. The molecular formula is C56H35N5OPt. The molecule has 13 rings (SSSR count). The summed E-state index contributed by atoms with van der Waals surface area (Å²) in [4.78, 5) is 15.7. The maximum atomic E-state index is 6.29. The molecule has 0 aliphatic carbocycles. The average Bonchev–Trinajstić information content (AvgIpc) is 4.08. The van der Waals surface area contributed by atoms with Crippen LogP contribution < -0.4 is 4.98 Å². The summed E-state index contributed by atoms with van der Waals surface area (Å²) < 4.78 is 10.8. The molecule has 5 heterocycles. The van der Waals surface area contributed by atoms with Gasteiger partial charge in [0, 0.05) is 33.7 Å². The number of aromatic nitrogens is 5. The van der Waals surface area contributed by atoms with Crippen LogP contribution in [0.3, 0.4) is 0 Å². The number of aryl methyl sites for hydroxylation is 2. The minimum Gasteiger partial charge on any atom is -0.656 e. The summed E-state index contributed by atoms with van der Waals surface area (Å²) in [5.41, 5.74) is 16.4. The molecule has 0 fully saturated rings. The smallest absolute Gasteiger partial charge is 0.656 e. The van der Waals surface area contributed by atoms with Crippen LogP contribution in [0.5, 0.6) is 0 Å². The standard InChI is InChI=1S/C56H35N5O.Pt/c1-33-30-48-53(34(2)52(33)35-14-4-3-5-15-35)42-27-25-36(31-47(42)61(48)51-24-10-11-29-57-51)38-18-13-22-46-55(38)59-56(43-20-12-19-41-39-16-6-8-21-45(39)58-54(41)43)60(46)37-26-28-50-44(32-37)40-17-7-9-23-49(40)62-50;/h3-30,32H,1-2H3;/q-2;+2. The number of furan rings is 1. The molecule has 5 aromatic heterocycles. The second kappa shape index (κ2) is 14.3. The number of fused-ring (bicyclic) bond motifs is 10. The molecule has 0 aliphatic heterocycles. The molecule has 0 radical (unpaired) electrons. The first-order valence-corrected chi connectivity index (χ1v) is 20.9. The molecule has 0 N–H and O–H groups in total. The Morgan fingerprint density at radius 2 is 1.35 bits per heavy atom. The molecule has 6 nitrogen and oxygen atoms in total. The zero-order chi connectivity index (χ0) is 41.1. The average molecular weight is 989 g/mol.